The molecule has 0 bridgehead atoms. The highest BCUT2D eigenvalue weighted by Crippen LogP contribution is 2.40. The number of amides is 1. The molecule has 2 aromatic rings. The normalized spacial score (nSPS) is 17.9. The summed E-state index contributed by atoms with van der Waals surface area (Å²) in [4.78, 5) is 39.1. The maximum Gasteiger partial charge on any atom is 0.420 e. The smallest absolute Gasteiger partial charge is 0.420 e. The Hall–Kier alpha value is -3.07. The van der Waals surface area contributed by atoms with Gasteiger partial charge in [-0.15, -0.1) is 0 Å². The third kappa shape index (κ3) is 6.63. The summed E-state index contributed by atoms with van der Waals surface area (Å²) >= 11 is 5.34. The van der Waals surface area contributed by atoms with Crippen LogP contribution in [0, 0.1) is 11.8 Å². The maximum absolute atomic E-state index is 13.7. The quantitative estimate of drug-likeness (QED) is 0.274. The zero-order valence-electron chi connectivity index (χ0n) is 21.0. The van der Waals surface area contributed by atoms with E-state index in [4.69, 9.17) is 21.1 Å². The molecular weight excluding hydrogens is 511 g/mol. The van der Waals surface area contributed by atoms with E-state index < -0.39 is 28.7 Å². The Bertz CT molecular complexity index is 1170. The highest BCUT2D eigenvalue weighted by Gasteiger charge is 2.36. The van der Waals surface area contributed by atoms with Crippen LogP contribution in [-0.4, -0.2) is 30.3 Å². The summed E-state index contributed by atoms with van der Waals surface area (Å²) in [5.74, 6) is -1.17. The minimum absolute atomic E-state index is 0.0210. The fraction of sp³-hybridized carbons (Fsp3) is 0.444. The topological polar surface area (TPSA) is 72.9 Å². The van der Waals surface area contributed by atoms with Crippen molar-refractivity contribution in [2.24, 2.45) is 11.8 Å². The van der Waals surface area contributed by atoms with Crippen LogP contribution in [0.1, 0.15) is 72.7 Å². The SMILES string of the molecule is COC(=O)c1cc(Oc2ccc(C(=O)Cl)cc2C(F)(F)F)ccc1N(C(=O)[C@H]1CC[C@H](C)CC1)C(C)C. The van der Waals surface area contributed by atoms with Crippen LogP contribution in [-0.2, 0) is 15.7 Å². The summed E-state index contributed by atoms with van der Waals surface area (Å²) in [5.41, 5.74) is -1.27. The molecule has 0 saturated heterocycles. The lowest BCUT2D eigenvalue weighted by molar-refractivity contribution is -0.138. The number of rotatable bonds is 7. The van der Waals surface area contributed by atoms with E-state index in [0.29, 0.717) is 12.0 Å². The van der Waals surface area contributed by atoms with Crippen molar-refractivity contribution in [2.45, 2.75) is 58.7 Å². The van der Waals surface area contributed by atoms with Crippen molar-refractivity contribution in [3.05, 3.63) is 53.1 Å². The Balaban J connectivity index is 2.02. The second-order valence-corrected chi connectivity index (χ2v) is 9.86. The summed E-state index contributed by atoms with van der Waals surface area (Å²) in [7, 11) is 1.17. The van der Waals surface area contributed by atoms with Gasteiger partial charge >= 0.3 is 12.1 Å². The number of ether oxygens (including phenoxy) is 2. The molecule has 10 heteroatoms. The third-order valence-electron chi connectivity index (χ3n) is 6.49. The average Bonchev–Trinajstić information content (AvgIpc) is 2.84. The first-order valence-electron chi connectivity index (χ1n) is 12.0. The molecule has 0 heterocycles. The van der Waals surface area contributed by atoms with Crippen LogP contribution in [0.5, 0.6) is 11.5 Å². The molecule has 0 atom stereocenters. The van der Waals surface area contributed by atoms with E-state index in [2.05, 4.69) is 6.92 Å². The summed E-state index contributed by atoms with van der Waals surface area (Å²) in [6.07, 6.45) is -1.46. The van der Waals surface area contributed by atoms with E-state index in [0.717, 1.165) is 37.8 Å². The van der Waals surface area contributed by atoms with Gasteiger partial charge in [-0.2, -0.15) is 13.2 Å². The highest BCUT2D eigenvalue weighted by molar-refractivity contribution is 6.67. The van der Waals surface area contributed by atoms with Gasteiger partial charge in [-0.25, -0.2) is 4.79 Å². The number of alkyl halides is 3. The van der Waals surface area contributed by atoms with Crippen molar-refractivity contribution in [1.82, 2.24) is 0 Å². The van der Waals surface area contributed by atoms with Crippen LogP contribution < -0.4 is 9.64 Å². The van der Waals surface area contributed by atoms with Crippen LogP contribution in [0.4, 0.5) is 18.9 Å². The predicted octanol–water partition coefficient (Wildman–Crippen LogP) is 7.23. The molecule has 2 aromatic carbocycles. The first-order valence-corrected chi connectivity index (χ1v) is 12.4. The van der Waals surface area contributed by atoms with Crippen molar-refractivity contribution in [3.8, 4) is 11.5 Å². The average molecular weight is 540 g/mol. The van der Waals surface area contributed by atoms with Gasteiger partial charge in [0, 0.05) is 17.5 Å². The third-order valence-corrected chi connectivity index (χ3v) is 6.71. The highest BCUT2D eigenvalue weighted by atomic mass is 35.5. The number of benzene rings is 2. The summed E-state index contributed by atoms with van der Waals surface area (Å²) in [6, 6.07) is 6.50. The molecule has 0 spiro atoms. The number of nitrogens with zero attached hydrogens (tertiary/aromatic N) is 1. The monoisotopic (exact) mass is 539 g/mol. The van der Waals surface area contributed by atoms with Crippen molar-refractivity contribution >= 4 is 34.4 Å². The summed E-state index contributed by atoms with van der Waals surface area (Å²) < 4.78 is 51.4. The first kappa shape index (κ1) is 28.5. The van der Waals surface area contributed by atoms with Crippen molar-refractivity contribution in [1.29, 1.82) is 0 Å². The molecule has 0 aromatic heterocycles. The molecule has 1 amide bonds. The van der Waals surface area contributed by atoms with Gasteiger partial charge in [-0.1, -0.05) is 6.92 Å². The lowest BCUT2D eigenvalue weighted by Crippen LogP contribution is -2.43. The molecule has 200 valence electrons. The first-order chi connectivity index (χ1) is 17.3. The zero-order valence-corrected chi connectivity index (χ0v) is 21.8. The molecule has 6 nitrogen and oxygen atoms in total. The van der Waals surface area contributed by atoms with E-state index >= 15 is 0 Å². The molecule has 1 aliphatic carbocycles. The van der Waals surface area contributed by atoms with Gasteiger partial charge in [0.25, 0.3) is 5.24 Å². The number of hydrogen-bond donors (Lipinski definition) is 0. The van der Waals surface area contributed by atoms with Gasteiger partial charge in [-0.05, 0) is 93.4 Å². The molecule has 0 radical (unpaired) electrons. The Labute approximate surface area is 218 Å². The van der Waals surface area contributed by atoms with Crippen LogP contribution in [0.25, 0.3) is 0 Å². The van der Waals surface area contributed by atoms with E-state index in [1.165, 1.54) is 25.3 Å². The van der Waals surface area contributed by atoms with Crippen molar-refractivity contribution < 1.29 is 37.0 Å². The van der Waals surface area contributed by atoms with E-state index in [1.54, 1.807) is 4.90 Å². The minimum atomic E-state index is -4.83. The number of carbonyl (C=O) groups is 3. The largest absolute Gasteiger partial charge is 0.465 e. The maximum atomic E-state index is 13.7. The fourth-order valence-corrected chi connectivity index (χ4v) is 4.62. The van der Waals surface area contributed by atoms with Crippen LogP contribution in [0.3, 0.4) is 0 Å². The van der Waals surface area contributed by atoms with Gasteiger partial charge in [0.05, 0.1) is 23.9 Å². The lowest BCUT2D eigenvalue weighted by atomic mass is 9.82. The fourth-order valence-electron chi connectivity index (χ4n) is 4.51. The Morgan fingerprint density at radius 3 is 2.22 bits per heavy atom. The zero-order chi connectivity index (χ0) is 27.5. The second-order valence-electron chi connectivity index (χ2n) is 9.51. The Morgan fingerprint density at radius 1 is 1.03 bits per heavy atom. The van der Waals surface area contributed by atoms with E-state index in [-0.39, 0.29) is 40.4 Å². The van der Waals surface area contributed by atoms with Crippen LogP contribution in [0.15, 0.2) is 36.4 Å². The minimum Gasteiger partial charge on any atom is -0.465 e. The standard InChI is InChI=1S/C27H29ClF3NO5/c1-15(2)32(25(34)17-7-5-16(3)6-8-17)22-11-10-19(14-20(22)26(35)36-4)37-23-12-9-18(24(28)33)13-21(23)27(29,30)31/h9-17H,5-8H2,1-4H3/t16-,17-. The number of anilines is 1. The Kier molecular flexibility index (Phi) is 8.89. The van der Waals surface area contributed by atoms with Crippen LogP contribution >= 0.6 is 11.6 Å². The molecule has 1 aliphatic rings. The molecule has 37 heavy (non-hydrogen) atoms. The van der Waals surface area contributed by atoms with E-state index in [9.17, 15) is 27.6 Å². The molecule has 3 rings (SSSR count). The molecule has 1 fully saturated rings. The van der Waals surface area contributed by atoms with Gasteiger partial charge in [0.15, 0.2) is 0 Å². The van der Waals surface area contributed by atoms with Gasteiger partial charge in [0.1, 0.15) is 11.5 Å². The number of carbonyl (C=O) groups excluding carboxylic acids is 3. The van der Waals surface area contributed by atoms with Crippen molar-refractivity contribution in [2.75, 3.05) is 12.0 Å². The van der Waals surface area contributed by atoms with E-state index in [1.807, 2.05) is 13.8 Å². The summed E-state index contributed by atoms with van der Waals surface area (Å²) in [5, 5.41) is -1.04. The molecule has 1 saturated carbocycles. The number of esters is 1. The number of hydrogen-bond acceptors (Lipinski definition) is 5. The van der Waals surface area contributed by atoms with Gasteiger partial charge in [0.2, 0.25) is 5.91 Å². The van der Waals surface area contributed by atoms with Gasteiger partial charge in [-0.3, -0.25) is 9.59 Å². The molecular formula is C27H29ClF3NO5. The summed E-state index contributed by atoms with van der Waals surface area (Å²) in [6.45, 7) is 5.80. The van der Waals surface area contributed by atoms with Gasteiger partial charge < -0.3 is 14.4 Å². The second kappa shape index (κ2) is 11.5. The van der Waals surface area contributed by atoms with Crippen LogP contribution in [0.2, 0.25) is 0 Å². The molecule has 0 N–H and O–H groups in total. The molecule has 0 aliphatic heterocycles. The predicted molar refractivity (Wildman–Crippen MR) is 133 cm³/mol. The number of methoxy groups -OCH3 is 1. The molecule has 0 unspecified atom stereocenters. The lowest BCUT2D eigenvalue weighted by Gasteiger charge is -2.34. The number of halogens is 4. The Morgan fingerprint density at radius 2 is 1.68 bits per heavy atom. The van der Waals surface area contributed by atoms with Crippen molar-refractivity contribution in [3.63, 3.8) is 0 Å².